The Morgan fingerprint density at radius 2 is 1.54 bits per heavy atom. The number of unbranched alkanes of at least 4 members (excludes halogenated alkanes) is 8. The Labute approximate surface area is 249 Å². The lowest BCUT2D eigenvalue weighted by molar-refractivity contribution is -0.304. The number of amides is 2. The number of carboxylic acids is 1. The van der Waals surface area contributed by atoms with Crippen LogP contribution in [0.5, 0.6) is 0 Å². The molecule has 1 saturated heterocycles. The number of rotatable bonds is 21. The van der Waals surface area contributed by atoms with Gasteiger partial charge in [-0.1, -0.05) is 85.3 Å². The Morgan fingerprint density at radius 1 is 0.927 bits per heavy atom. The standard InChI is InChI=1S/C33H60N2O6/c1-8-9-10-11-12-13-14-15-16-17-18-19-22-31(2,3)30(39)34-23-20-21-26(29(37)38)24-35-28(36)27-32(4,5)25-40-33(6,7)41-27/h13-14,26-27H,8-12,15-25H2,1-7H3,(H,34,39)(H,35,36)(H,37,38). The van der Waals surface area contributed by atoms with Crippen molar-refractivity contribution in [2.75, 3.05) is 19.7 Å². The van der Waals surface area contributed by atoms with Gasteiger partial charge in [0, 0.05) is 23.9 Å². The maximum Gasteiger partial charge on any atom is 0.308 e. The third-order valence-electron chi connectivity index (χ3n) is 7.96. The summed E-state index contributed by atoms with van der Waals surface area (Å²) in [5, 5.41) is 15.4. The summed E-state index contributed by atoms with van der Waals surface area (Å²) in [7, 11) is 0. The average Bonchev–Trinajstić information content (AvgIpc) is 2.89. The van der Waals surface area contributed by atoms with E-state index in [0.29, 0.717) is 26.0 Å². The molecule has 0 aromatic rings. The fourth-order valence-electron chi connectivity index (χ4n) is 4.96. The van der Waals surface area contributed by atoms with Gasteiger partial charge < -0.3 is 25.2 Å². The van der Waals surface area contributed by atoms with Gasteiger partial charge in [0.15, 0.2) is 5.79 Å². The summed E-state index contributed by atoms with van der Waals surface area (Å²) in [5.41, 5.74) is -0.983. The van der Waals surface area contributed by atoms with Crippen LogP contribution in [0.2, 0.25) is 0 Å². The van der Waals surface area contributed by atoms with Crippen molar-refractivity contribution >= 4 is 17.8 Å². The molecule has 2 atom stereocenters. The SMILES string of the molecule is CCCCCCC=CCCCCCCC(C)(C)C(=O)NCCCC(CNC(=O)C1OC(C)(C)OCC1(C)C)C(=O)O. The van der Waals surface area contributed by atoms with E-state index in [0.717, 1.165) is 25.7 Å². The highest BCUT2D eigenvalue weighted by Gasteiger charge is 2.45. The lowest BCUT2D eigenvalue weighted by Crippen LogP contribution is -2.57. The molecule has 1 heterocycles. The number of allylic oxidation sites excluding steroid dienone is 2. The minimum absolute atomic E-state index is 0.00481. The van der Waals surface area contributed by atoms with Crippen LogP contribution in [0.1, 0.15) is 132 Å². The van der Waals surface area contributed by atoms with Gasteiger partial charge in [-0.15, -0.1) is 0 Å². The second kappa shape index (κ2) is 18.6. The number of carboxylic acid groups (broad SMARTS) is 1. The van der Waals surface area contributed by atoms with E-state index in [-0.39, 0.29) is 18.4 Å². The van der Waals surface area contributed by atoms with Crippen molar-refractivity contribution in [1.82, 2.24) is 10.6 Å². The van der Waals surface area contributed by atoms with E-state index in [1.54, 1.807) is 13.8 Å². The van der Waals surface area contributed by atoms with Crippen LogP contribution in [0.25, 0.3) is 0 Å². The molecule has 3 N–H and O–H groups in total. The van der Waals surface area contributed by atoms with Gasteiger partial charge in [0.2, 0.25) is 11.8 Å². The van der Waals surface area contributed by atoms with Crippen molar-refractivity contribution in [2.45, 2.75) is 144 Å². The molecule has 1 rings (SSSR count). The lowest BCUT2D eigenvalue weighted by atomic mass is 9.85. The van der Waals surface area contributed by atoms with Crippen LogP contribution in [0.4, 0.5) is 0 Å². The molecule has 1 fully saturated rings. The number of nitrogens with one attached hydrogen (secondary N) is 2. The molecule has 2 unspecified atom stereocenters. The second-order valence-electron chi connectivity index (χ2n) is 13.5. The van der Waals surface area contributed by atoms with Gasteiger partial charge in [0.1, 0.15) is 6.10 Å². The zero-order chi connectivity index (χ0) is 30.9. The minimum atomic E-state index is -0.966. The van der Waals surface area contributed by atoms with E-state index >= 15 is 0 Å². The maximum atomic E-state index is 12.8. The molecule has 0 aliphatic carbocycles. The largest absolute Gasteiger partial charge is 0.481 e. The van der Waals surface area contributed by atoms with Crippen molar-refractivity contribution in [3.63, 3.8) is 0 Å². The molecule has 0 bridgehead atoms. The quantitative estimate of drug-likeness (QED) is 0.102. The molecule has 0 spiro atoms. The van der Waals surface area contributed by atoms with Crippen LogP contribution in [0, 0.1) is 16.7 Å². The topological polar surface area (TPSA) is 114 Å². The Kier molecular flexibility index (Phi) is 16.8. The molecule has 0 radical (unpaired) electrons. The zero-order valence-corrected chi connectivity index (χ0v) is 27.1. The molecule has 1 aliphatic heterocycles. The Morgan fingerprint density at radius 3 is 2.15 bits per heavy atom. The predicted molar refractivity (Wildman–Crippen MR) is 164 cm³/mol. The first-order valence-corrected chi connectivity index (χ1v) is 16.0. The number of ether oxygens (including phenoxy) is 2. The Balaban J connectivity index is 2.28. The third kappa shape index (κ3) is 15.2. The number of carbonyl (C=O) groups excluding carboxylic acids is 2. The highest BCUT2D eigenvalue weighted by molar-refractivity contribution is 5.82. The van der Waals surface area contributed by atoms with E-state index < -0.39 is 34.6 Å². The molecular formula is C33H60N2O6. The predicted octanol–water partition coefficient (Wildman–Crippen LogP) is 6.77. The van der Waals surface area contributed by atoms with E-state index in [2.05, 4.69) is 29.7 Å². The molecule has 2 amide bonds. The first-order chi connectivity index (χ1) is 19.2. The molecule has 0 saturated carbocycles. The molecule has 1 aliphatic rings. The molecule has 238 valence electrons. The summed E-state index contributed by atoms with van der Waals surface area (Å²) in [4.78, 5) is 37.4. The van der Waals surface area contributed by atoms with Gasteiger partial charge in [-0.2, -0.15) is 0 Å². The highest BCUT2D eigenvalue weighted by atomic mass is 16.7. The number of carbonyl (C=O) groups is 3. The van der Waals surface area contributed by atoms with Crippen molar-refractivity contribution in [1.29, 1.82) is 0 Å². The summed E-state index contributed by atoms with van der Waals surface area (Å²) >= 11 is 0. The Hall–Kier alpha value is -1.93. The summed E-state index contributed by atoms with van der Waals surface area (Å²) < 4.78 is 11.5. The van der Waals surface area contributed by atoms with Crippen LogP contribution in [0.3, 0.4) is 0 Å². The van der Waals surface area contributed by atoms with Crippen LogP contribution in [0.15, 0.2) is 12.2 Å². The summed E-state index contributed by atoms with van der Waals surface area (Å²) in [6.45, 7) is 14.3. The molecule has 41 heavy (non-hydrogen) atoms. The third-order valence-corrected chi connectivity index (χ3v) is 7.96. The molecule has 0 aromatic heterocycles. The van der Waals surface area contributed by atoms with Crippen LogP contribution < -0.4 is 10.6 Å². The minimum Gasteiger partial charge on any atom is -0.481 e. The first kappa shape index (κ1) is 37.1. The van der Waals surface area contributed by atoms with Crippen molar-refractivity contribution in [3.05, 3.63) is 12.2 Å². The van der Waals surface area contributed by atoms with E-state index in [4.69, 9.17) is 9.47 Å². The van der Waals surface area contributed by atoms with Crippen LogP contribution >= 0.6 is 0 Å². The fraction of sp³-hybridized carbons (Fsp3) is 0.848. The number of aliphatic carboxylic acids is 1. The molecule has 8 nitrogen and oxygen atoms in total. The van der Waals surface area contributed by atoms with Gasteiger partial charge in [-0.05, 0) is 58.8 Å². The lowest BCUT2D eigenvalue weighted by Gasteiger charge is -2.44. The fourth-order valence-corrected chi connectivity index (χ4v) is 4.96. The Bertz CT molecular complexity index is 821. The number of hydrogen-bond donors (Lipinski definition) is 3. The van der Waals surface area contributed by atoms with E-state index in [1.807, 2.05) is 27.7 Å². The highest BCUT2D eigenvalue weighted by Crippen LogP contribution is 2.35. The normalized spacial score (nSPS) is 19.1. The zero-order valence-electron chi connectivity index (χ0n) is 27.1. The van der Waals surface area contributed by atoms with Crippen molar-refractivity contribution in [3.8, 4) is 0 Å². The van der Waals surface area contributed by atoms with Crippen LogP contribution in [-0.2, 0) is 23.9 Å². The van der Waals surface area contributed by atoms with E-state index in [9.17, 15) is 19.5 Å². The smallest absolute Gasteiger partial charge is 0.308 e. The summed E-state index contributed by atoms with van der Waals surface area (Å²) in [5.74, 6) is -2.91. The van der Waals surface area contributed by atoms with Crippen molar-refractivity contribution < 1.29 is 29.0 Å². The molecular weight excluding hydrogens is 520 g/mol. The van der Waals surface area contributed by atoms with Gasteiger partial charge in [0.05, 0.1) is 12.5 Å². The summed E-state index contributed by atoms with van der Waals surface area (Å²) in [6.07, 6.45) is 17.7. The first-order valence-electron chi connectivity index (χ1n) is 16.0. The van der Waals surface area contributed by atoms with Crippen molar-refractivity contribution in [2.24, 2.45) is 16.7 Å². The monoisotopic (exact) mass is 580 g/mol. The number of hydrogen-bond acceptors (Lipinski definition) is 5. The second-order valence-corrected chi connectivity index (χ2v) is 13.5. The maximum absolute atomic E-state index is 12.8. The average molecular weight is 581 g/mol. The van der Waals surface area contributed by atoms with E-state index in [1.165, 1.54) is 44.9 Å². The van der Waals surface area contributed by atoms with Gasteiger partial charge in [0.25, 0.3) is 0 Å². The van der Waals surface area contributed by atoms with Gasteiger partial charge in [-0.25, -0.2) is 0 Å². The molecule has 8 heteroatoms. The summed E-state index contributed by atoms with van der Waals surface area (Å²) in [6, 6.07) is 0. The van der Waals surface area contributed by atoms with Crippen LogP contribution in [-0.4, -0.2) is 54.5 Å². The van der Waals surface area contributed by atoms with Gasteiger partial charge >= 0.3 is 5.97 Å². The van der Waals surface area contributed by atoms with Gasteiger partial charge in [-0.3, -0.25) is 14.4 Å². The molecule has 0 aromatic carbocycles.